The van der Waals surface area contributed by atoms with Gasteiger partial charge in [0.05, 0.1) is 32.0 Å². The average Bonchev–Trinajstić information content (AvgIpc) is 3.29. The fourth-order valence-corrected chi connectivity index (χ4v) is 14.4. The van der Waals surface area contributed by atoms with Crippen LogP contribution in [0, 0.1) is 0 Å². The number of rotatable bonds is 11. The van der Waals surface area contributed by atoms with E-state index in [0.29, 0.717) is 6.54 Å². The molecule has 272 valence electrons. The van der Waals surface area contributed by atoms with Gasteiger partial charge in [0.15, 0.2) is 0 Å². The second kappa shape index (κ2) is 17.1. The smallest absolute Gasteiger partial charge is 0.0715 e. The van der Waals surface area contributed by atoms with Crippen molar-refractivity contribution in [3.63, 3.8) is 0 Å². The number of aliphatic imine (C=N–C) groups is 1. The van der Waals surface area contributed by atoms with Crippen LogP contribution >= 0.6 is 14.1 Å². The van der Waals surface area contributed by atoms with Gasteiger partial charge in [-0.1, -0.05) is 218 Å². The number of benzene rings is 8. The average molecular weight is 760 g/mol. The van der Waals surface area contributed by atoms with Crippen LogP contribution in [-0.2, 0) is 6.54 Å². The third kappa shape index (κ3) is 7.45. The molecule has 0 N–H and O–H groups in total. The topological polar surface area (TPSA) is 37.1 Å². The first-order chi connectivity index (χ1) is 27.7. The Labute approximate surface area is 331 Å². The van der Waals surface area contributed by atoms with Crippen molar-refractivity contribution in [3.05, 3.63) is 242 Å². The Kier molecular flexibility index (Phi) is 11.3. The lowest BCUT2D eigenvalue weighted by molar-refractivity contribution is 1.06. The summed E-state index contributed by atoms with van der Waals surface area (Å²) < 4.78 is 11.7. The van der Waals surface area contributed by atoms with Crippen molar-refractivity contribution in [2.45, 2.75) is 13.5 Å². The molecule has 8 aromatic carbocycles. The Morgan fingerprint density at radius 3 is 1.00 bits per heavy atom. The zero-order chi connectivity index (χ0) is 38.0. The molecule has 0 radical (unpaired) electrons. The van der Waals surface area contributed by atoms with E-state index in [1.54, 1.807) is 0 Å². The Bertz CT molecular complexity index is 2450. The van der Waals surface area contributed by atoms with Crippen molar-refractivity contribution in [3.8, 4) is 0 Å². The molecule has 0 aromatic heterocycles. The summed E-state index contributed by atoms with van der Waals surface area (Å²) in [5.74, 6) is 0. The quantitative estimate of drug-likeness (QED) is 0.0930. The minimum absolute atomic E-state index is 0.481. The van der Waals surface area contributed by atoms with Gasteiger partial charge in [-0.3, -0.25) is 14.5 Å². The molecule has 0 amide bonds. The standard InChI is InChI=1S/C51H43N3P2/c1-41(49-37-21-23-39-51(49)54-56(46-31-14-5-15-32-46,47-33-16-6-17-34-47)48-35-18-7-19-36-48)52-40-42-24-20-22-38-50(42)53-55(43-25-8-2-9-26-43,44-27-10-3-11-28-44)45-29-12-4-13-30-45/h2-39H,40H2,1H3. The van der Waals surface area contributed by atoms with Crippen LogP contribution in [0.25, 0.3) is 0 Å². The van der Waals surface area contributed by atoms with E-state index in [-0.39, 0.29) is 0 Å². The maximum Gasteiger partial charge on any atom is 0.0715 e. The summed E-state index contributed by atoms with van der Waals surface area (Å²) in [7, 11) is -4.94. The first-order valence-electron chi connectivity index (χ1n) is 19.0. The molecule has 0 aliphatic rings. The highest BCUT2D eigenvalue weighted by Crippen LogP contribution is 2.51. The van der Waals surface area contributed by atoms with E-state index < -0.39 is 14.1 Å². The van der Waals surface area contributed by atoms with Crippen LogP contribution in [-0.4, -0.2) is 5.71 Å². The summed E-state index contributed by atoms with van der Waals surface area (Å²) in [6.45, 7) is 2.59. The molecule has 0 bridgehead atoms. The van der Waals surface area contributed by atoms with E-state index in [9.17, 15) is 0 Å². The van der Waals surface area contributed by atoms with E-state index >= 15 is 0 Å². The third-order valence-corrected chi connectivity index (χ3v) is 17.4. The number of hydrogen-bond acceptors (Lipinski definition) is 3. The maximum atomic E-state index is 5.86. The molecular weight excluding hydrogens is 717 g/mol. The highest BCUT2D eigenvalue weighted by molar-refractivity contribution is 7.88. The summed E-state index contributed by atoms with van der Waals surface area (Å²) in [6, 6.07) is 81.6. The monoisotopic (exact) mass is 759 g/mol. The summed E-state index contributed by atoms with van der Waals surface area (Å²) in [5.41, 5.74) is 4.91. The molecule has 0 heterocycles. The second-order valence-electron chi connectivity index (χ2n) is 13.5. The summed E-state index contributed by atoms with van der Waals surface area (Å²) in [4.78, 5) is 5.30. The fraction of sp³-hybridized carbons (Fsp3) is 0.0392. The Hall–Kier alpha value is -6.11. The van der Waals surface area contributed by atoms with Gasteiger partial charge in [0.2, 0.25) is 0 Å². The van der Waals surface area contributed by atoms with Gasteiger partial charge >= 0.3 is 0 Å². The van der Waals surface area contributed by atoms with E-state index in [2.05, 4.69) is 237 Å². The summed E-state index contributed by atoms with van der Waals surface area (Å²) in [6.07, 6.45) is 0. The minimum Gasteiger partial charge on any atom is -0.285 e. The van der Waals surface area contributed by atoms with Crippen molar-refractivity contribution in [2.24, 2.45) is 14.5 Å². The summed E-state index contributed by atoms with van der Waals surface area (Å²) >= 11 is 0. The van der Waals surface area contributed by atoms with Crippen LogP contribution in [0.5, 0.6) is 0 Å². The van der Waals surface area contributed by atoms with Crippen LogP contribution in [0.1, 0.15) is 18.1 Å². The number of nitrogens with zero attached hydrogens (tertiary/aromatic N) is 3. The first-order valence-corrected chi connectivity index (χ1v) is 22.4. The molecule has 8 rings (SSSR count). The van der Waals surface area contributed by atoms with Gasteiger partial charge in [-0.25, -0.2) is 0 Å². The Morgan fingerprint density at radius 2 is 0.625 bits per heavy atom. The van der Waals surface area contributed by atoms with Gasteiger partial charge in [-0.05, 0) is 24.6 Å². The Balaban J connectivity index is 1.28. The normalized spacial score (nSPS) is 11.8. The van der Waals surface area contributed by atoms with E-state index in [0.717, 1.165) is 28.2 Å². The van der Waals surface area contributed by atoms with E-state index in [1.807, 2.05) is 0 Å². The van der Waals surface area contributed by atoms with Crippen molar-refractivity contribution >= 4 is 63.0 Å². The molecule has 0 unspecified atom stereocenters. The van der Waals surface area contributed by atoms with Gasteiger partial charge in [0.25, 0.3) is 0 Å². The molecular formula is C51H43N3P2. The molecule has 5 heteroatoms. The molecule has 0 aliphatic carbocycles. The van der Waals surface area contributed by atoms with Crippen LogP contribution in [0.15, 0.2) is 245 Å². The first kappa shape index (κ1) is 36.8. The Morgan fingerprint density at radius 1 is 0.339 bits per heavy atom. The van der Waals surface area contributed by atoms with Gasteiger partial charge in [0, 0.05) is 43.1 Å². The largest absolute Gasteiger partial charge is 0.285 e. The van der Waals surface area contributed by atoms with Crippen molar-refractivity contribution in [1.82, 2.24) is 0 Å². The number of hydrogen-bond donors (Lipinski definition) is 0. The zero-order valence-electron chi connectivity index (χ0n) is 31.4. The third-order valence-electron chi connectivity index (χ3n) is 10.1. The zero-order valence-corrected chi connectivity index (χ0v) is 33.2. The fourth-order valence-electron chi connectivity index (χ4n) is 7.32. The van der Waals surface area contributed by atoms with Gasteiger partial charge in [0.1, 0.15) is 0 Å². The SMILES string of the molecule is CC(=NCc1ccccc1N=P(c1ccccc1)(c1ccccc1)c1ccccc1)c1ccccc1N=P(c1ccccc1)(c1ccccc1)c1ccccc1. The molecule has 3 nitrogen and oxygen atoms in total. The molecule has 0 aliphatic heterocycles. The van der Waals surface area contributed by atoms with Crippen LogP contribution in [0.2, 0.25) is 0 Å². The van der Waals surface area contributed by atoms with Crippen molar-refractivity contribution < 1.29 is 0 Å². The predicted octanol–water partition coefficient (Wildman–Crippen LogP) is 11.3. The highest BCUT2D eigenvalue weighted by atomic mass is 31.2. The van der Waals surface area contributed by atoms with E-state index in [4.69, 9.17) is 14.5 Å². The highest BCUT2D eigenvalue weighted by Gasteiger charge is 2.29. The van der Waals surface area contributed by atoms with Gasteiger partial charge in [-0.15, -0.1) is 0 Å². The predicted molar refractivity (Wildman–Crippen MR) is 243 cm³/mol. The van der Waals surface area contributed by atoms with Crippen molar-refractivity contribution in [2.75, 3.05) is 0 Å². The molecule has 0 fully saturated rings. The van der Waals surface area contributed by atoms with Crippen LogP contribution < -0.4 is 31.8 Å². The second-order valence-corrected chi connectivity index (χ2v) is 19.6. The lowest BCUT2D eigenvalue weighted by Crippen LogP contribution is -2.25. The summed E-state index contributed by atoms with van der Waals surface area (Å²) in [5, 5.41) is 7.26. The molecule has 8 aromatic rings. The molecule has 0 saturated carbocycles. The van der Waals surface area contributed by atoms with Gasteiger partial charge < -0.3 is 0 Å². The van der Waals surface area contributed by atoms with Crippen LogP contribution in [0.3, 0.4) is 0 Å². The molecule has 0 spiro atoms. The minimum atomic E-state index is -2.48. The molecule has 0 saturated heterocycles. The molecule has 56 heavy (non-hydrogen) atoms. The lowest BCUT2D eigenvalue weighted by atomic mass is 10.1. The maximum absolute atomic E-state index is 5.86. The van der Waals surface area contributed by atoms with E-state index in [1.165, 1.54) is 31.8 Å². The lowest BCUT2D eigenvalue weighted by Gasteiger charge is -2.27. The van der Waals surface area contributed by atoms with Gasteiger partial charge in [-0.2, -0.15) is 0 Å². The van der Waals surface area contributed by atoms with Crippen LogP contribution in [0.4, 0.5) is 11.4 Å². The van der Waals surface area contributed by atoms with Crippen molar-refractivity contribution in [1.29, 1.82) is 0 Å². The molecule has 0 atom stereocenters.